The monoisotopic (exact) mass is 214 g/mol. The van der Waals surface area contributed by atoms with Crippen LogP contribution < -0.4 is 5.32 Å². The fourth-order valence-electron chi connectivity index (χ4n) is 0.981. The zero-order chi connectivity index (χ0) is 11.6. The second-order valence-corrected chi connectivity index (χ2v) is 2.76. The number of nitro groups is 1. The summed E-state index contributed by atoms with van der Waals surface area (Å²) in [5, 5.41) is 21.6. The van der Waals surface area contributed by atoms with Crippen molar-refractivity contribution in [2.24, 2.45) is 0 Å². The van der Waals surface area contributed by atoms with Crippen molar-refractivity contribution < 1.29 is 19.2 Å². The van der Waals surface area contributed by atoms with Crippen molar-refractivity contribution >= 4 is 17.3 Å². The highest BCUT2D eigenvalue weighted by atomic mass is 19.1. The van der Waals surface area contributed by atoms with Gasteiger partial charge in [0.05, 0.1) is 10.6 Å². The molecule has 0 aliphatic heterocycles. The van der Waals surface area contributed by atoms with Crippen LogP contribution in [0.4, 0.5) is 15.8 Å². The molecule has 0 saturated heterocycles. The molecule has 0 saturated carbocycles. The molecule has 1 aromatic rings. The highest BCUT2D eigenvalue weighted by Gasteiger charge is 2.18. The van der Waals surface area contributed by atoms with E-state index in [4.69, 9.17) is 5.11 Å². The molecule has 0 aliphatic carbocycles. The SMILES string of the molecule is CC(=O)Nc1cc([N+](=O)[O-])c(F)cc1O. The number of halogens is 1. The molecule has 0 unspecified atom stereocenters. The Bertz CT molecular complexity index is 433. The van der Waals surface area contributed by atoms with E-state index in [1.807, 2.05) is 0 Å². The number of hydrogen-bond donors (Lipinski definition) is 2. The number of nitro benzene ring substituents is 1. The van der Waals surface area contributed by atoms with E-state index >= 15 is 0 Å². The minimum atomic E-state index is -1.16. The number of benzene rings is 1. The number of carbonyl (C=O) groups excluding carboxylic acids is 1. The van der Waals surface area contributed by atoms with Crippen LogP contribution in [0.5, 0.6) is 5.75 Å². The standard InChI is InChI=1S/C8H7FN2O4/c1-4(12)10-6-3-7(11(14)15)5(9)2-8(6)13/h2-3,13H,1H3,(H,10,12). The van der Waals surface area contributed by atoms with Crippen LogP contribution in [-0.2, 0) is 4.79 Å². The number of hydrogen-bond acceptors (Lipinski definition) is 4. The van der Waals surface area contributed by atoms with Gasteiger partial charge in [0.2, 0.25) is 11.7 Å². The Morgan fingerprint density at radius 1 is 1.60 bits per heavy atom. The number of aromatic hydroxyl groups is 1. The quantitative estimate of drug-likeness (QED) is 0.442. The van der Waals surface area contributed by atoms with Crippen LogP contribution in [0.1, 0.15) is 6.92 Å². The first-order chi connectivity index (χ1) is 6.91. The molecular formula is C8H7FN2O4. The van der Waals surface area contributed by atoms with Crippen molar-refractivity contribution in [2.45, 2.75) is 6.92 Å². The molecular weight excluding hydrogens is 207 g/mol. The lowest BCUT2D eigenvalue weighted by atomic mass is 10.2. The van der Waals surface area contributed by atoms with Crippen LogP contribution in [0.2, 0.25) is 0 Å². The van der Waals surface area contributed by atoms with Crippen molar-refractivity contribution in [1.82, 2.24) is 0 Å². The number of nitrogens with one attached hydrogen (secondary N) is 1. The average Bonchev–Trinajstić information content (AvgIpc) is 2.08. The van der Waals surface area contributed by atoms with Gasteiger partial charge in [0.15, 0.2) is 0 Å². The van der Waals surface area contributed by atoms with E-state index in [1.54, 1.807) is 0 Å². The van der Waals surface area contributed by atoms with Gasteiger partial charge in [-0.15, -0.1) is 0 Å². The third-order valence-electron chi connectivity index (χ3n) is 1.57. The molecule has 0 bridgehead atoms. The molecule has 0 radical (unpaired) electrons. The van der Waals surface area contributed by atoms with Crippen molar-refractivity contribution in [3.63, 3.8) is 0 Å². The van der Waals surface area contributed by atoms with E-state index in [-0.39, 0.29) is 5.69 Å². The fraction of sp³-hybridized carbons (Fsp3) is 0.125. The van der Waals surface area contributed by atoms with Crippen LogP contribution in [0.15, 0.2) is 12.1 Å². The second-order valence-electron chi connectivity index (χ2n) is 2.76. The lowest BCUT2D eigenvalue weighted by Crippen LogP contribution is -2.06. The zero-order valence-corrected chi connectivity index (χ0v) is 7.65. The fourth-order valence-corrected chi connectivity index (χ4v) is 0.981. The molecule has 80 valence electrons. The third kappa shape index (κ3) is 2.39. The normalized spacial score (nSPS) is 9.73. The van der Waals surface area contributed by atoms with E-state index in [1.165, 1.54) is 0 Å². The summed E-state index contributed by atoms with van der Waals surface area (Å²) < 4.78 is 12.9. The minimum absolute atomic E-state index is 0.199. The van der Waals surface area contributed by atoms with Gasteiger partial charge in [-0.2, -0.15) is 4.39 Å². The number of phenolic OH excluding ortho intramolecular Hbond substituents is 1. The van der Waals surface area contributed by atoms with Gasteiger partial charge in [-0.05, 0) is 0 Å². The molecule has 0 spiro atoms. The lowest BCUT2D eigenvalue weighted by molar-refractivity contribution is -0.387. The van der Waals surface area contributed by atoms with Gasteiger partial charge >= 0.3 is 5.69 Å². The molecule has 0 aliphatic rings. The summed E-state index contributed by atoms with van der Waals surface area (Å²) in [5.41, 5.74) is -1.01. The van der Waals surface area contributed by atoms with Crippen molar-refractivity contribution in [3.8, 4) is 5.75 Å². The molecule has 0 atom stereocenters. The van der Waals surface area contributed by atoms with Crippen LogP contribution in [0.25, 0.3) is 0 Å². The summed E-state index contributed by atoms with van der Waals surface area (Å²) >= 11 is 0. The van der Waals surface area contributed by atoms with Gasteiger partial charge in [0.1, 0.15) is 5.75 Å². The number of anilines is 1. The molecule has 15 heavy (non-hydrogen) atoms. The van der Waals surface area contributed by atoms with Gasteiger partial charge in [-0.25, -0.2) is 0 Å². The second kappa shape index (κ2) is 3.91. The Morgan fingerprint density at radius 3 is 2.67 bits per heavy atom. The van der Waals surface area contributed by atoms with Crippen LogP contribution in [0.3, 0.4) is 0 Å². The van der Waals surface area contributed by atoms with Crippen LogP contribution >= 0.6 is 0 Å². The lowest BCUT2D eigenvalue weighted by Gasteiger charge is -2.04. The van der Waals surface area contributed by atoms with Crippen molar-refractivity contribution in [2.75, 3.05) is 5.32 Å². The number of nitrogens with zero attached hydrogens (tertiary/aromatic N) is 1. The van der Waals surface area contributed by atoms with Gasteiger partial charge in [0, 0.05) is 19.1 Å². The molecule has 2 N–H and O–H groups in total. The Morgan fingerprint density at radius 2 is 2.20 bits per heavy atom. The van der Waals surface area contributed by atoms with Gasteiger partial charge in [-0.1, -0.05) is 0 Å². The predicted octanol–water partition coefficient (Wildman–Crippen LogP) is 1.40. The van der Waals surface area contributed by atoms with E-state index in [0.717, 1.165) is 13.0 Å². The Balaban J connectivity index is 3.23. The molecule has 1 amide bonds. The number of carbonyl (C=O) groups is 1. The first-order valence-corrected chi connectivity index (χ1v) is 3.86. The molecule has 0 aromatic heterocycles. The van der Waals surface area contributed by atoms with Gasteiger partial charge < -0.3 is 10.4 Å². The molecule has 0 fully saturated rings. The maximum Gasteiger partial charge on any atom is 0.307 e. The summed E-state index contributed by atoms with van der Waals surface area (Å²) in [6.45, 7) is 1.16. The van der Waals surface area contributed by atoms with Crippen LogP contribution in [0, 0.1) is 15.9 Å². The summed E-state index contributed by atoms with van der Waals surface area (Å²) in [6.07, 6.45) is 0. The first kappa shape index (κ1) is 10.9. The van der Waals surface area contributed by atoms with E-state index in [9.17, 15) is 19.3 Å². The minimum Gasteiger partial charge on any atom is -0.506 e. The molecule has 0 heterocycles. The van der Waals surface area contributed by atoms with Crippen molar-refractivity contribution in [3.05, 3.63) is 28.1 Å². The van der Waals surface area contributed by atoms with E-state index < -0.39 is 28.1 Å². The maximum absolute atomic E-state index is 12.9. The highest BCUT2D eigenvalue weighted by molar-refractivity contribution is 5.90. The van der Waals surface area contributed by atoms with E-state index in [2.05, 4.69) is 5.32 Å². The Labute approximate surface area is 83.5 Å². The zero-order valence-electron chi connectivity index (χ0n) is 7.65. The van der Waals surface area contributed by atoms with Gasteiger partial charge in [0.25, 0.3) is 0 Å². The predicted molar refractivity (Wildman–Crippen MR) is 49.0 cm³/mol. The number of amides is 1. The molecule has 6 nitrogen and oxygen atoms in total. The molecule has 1 aromatic carbocycles. The number of rotatable bonds is 2. The Kier molecular flexibility index (Phi) is 2.84. The van der Waals surface area contributed by atoms with E-state index in [0.29, 0.717) is 6.07 Å². The molecule has 1 rings (SSSR count). The average molecular weight is 214 g/mol. The largest absolute Gasteiger partial charge is 0.506 e. The first-order valence-electron chi connectivity index (χ1n) is 3.86. The summed E-state index contributed by atoms with van der Waals surface area (Å²) in [4.78, 5) is 20.0. The van der Waals surface area contributed by atoms with Gasteiger partial charge in [-0.3, -0.25) is 14.9 Å². The van der Waals surface area contributed by atoms with Crippen LogP contribution in [-0.4, -0.2) is 15.9 Å². The van der Waals surface area contributed by atoms with Crippen molar-refractivity contribution in [1.29, 1.82) is 0 Å². The molecule has 7 heteroatoms. The highest BCUT2D eigenvalue weighted by Crippen LogP contribution is 2.30. The maximum atomic E-state index is 12.9. The topological polar surface area (TPSA) is 92.5 Å². The summed E-state index contributed by atoms with van der Waals surface area (Å²) in [6, 6.07) is 1.33. The Hall–Kier alpha value is -2.18. The summed E-state index contributed by atoms with van der Waals surface area (Å²) in [5.74, 6) is -2.24. The smallest absolute Gasteiger partial charge is 0.307 e. The third-order valence-corrected chi connectivity index (χ3v) is 1.57. The summed E-state index contributed by atoms with van der Waals surface area (Å²) in [7, 11) is 0. The number of phenols is 1.